The molecule has 0 radical (unpaired) electrons. The fourth-order valence-corrected chi connectivity index (χ4v) is 3.84. The number of aliphatic hydroxyl groups excluding tert-OH is 1. The van der Waals surface area contributed by atoms with Crippen LogP contribution < -0.4 is 0 Å². The number of pyridine rings is 1. The molecule has 1 unspecified atom stereocenters. The van der Waals surface area contributed by atoms with Crippen LogP contribution in [0.3, 0.4) is 0 Å². The van der Waals surface area contributed by atoms with Gasteiger partial charge < -0.3 is 10.2 Å². The SMILES string of the molecule is Cc1cc(C(=O)O)cc2nc(C(C)C)c(C(O)C3CCC(F)(F)CC3)n12. The summed E-state index contributed by atoms with van der Waals surface area (Å²) < 4.78 is 28.7. The predicted molar refractivity (Wildman–Crippen MR) is 92.8 cm³/mol. The number of hydrogen-bond donors (Lipinski definition) is 2. The Morgan fingerprint density at radius 1 is 1.31 bits per heavy atom. The van der Waals surface area contributed by atoms with Crippen molar-refractivity contribution in [3.63, 3.8) is 0 Å². The van der Waals surface area contributed by atoms with E-state index >= 15 is 0 Å². The summed E-state index contributed by atoms with van der Waals surface area (Å²) in [6.45, 7) is 5.65. The second-order valence-corrected chi connectivity index (χ2v) is 7.56. The third-order valence-corrected chi connectivity index (χ3v) is 5.25. The van der Waals surface area contributed by atoms with Crippen LogP contribution in [0.15, 0.2) is 12.1 Å². The molecule has 1 atom stereocenters. The Hall–Kier alpha value is -2.02. The lowest BCUT2D eigenvalue weighted by Crippen LogP contribution is -2.28. The van der Waals surface area contributed by atoms with E-state index in [0.29, 0.717) is 22.7 Å². The summed E-state index contributed by atoms with van der Waals surface area (Å²) >= 11 is 0. The van der Waals surface area contributed by atoms with Crippen molar-refractivity contribution in [1.82, 2.24) is 9.38 Å². The molecular weight excluding hydrogens is 342 g/mol. The van der Waals surface area contributed by atoms with Crippen molar-refractivity contribution in [2.45, 2.75) is 64.4 Å². The number of carboxylic acids is 1. The summed E-state index contributed by atoms with van der Waals surface area (Å²) in [5.41, 5.74) is 2.52. The summed E-state index contributed by atoms with van der Waals surface area (Å²) in [6, 6.07) is 3.01. The largest absolute Gasteiger partial charge is 0.478 e. The number of halogens is 2. The van der Waals surface area contributed by atoms with E-state index < -0.39 is 18.0 Å². The minimum atomic E-state index is -2.65. The maximum Gasteiger partial charge on any atom is 0.335 e. The fraction of sp³-hybridized carbons (Fsp3) is 0.579. The van der Waals surface area contributed by atoms with Crippen LogP contribution in [0.2, 0.25) is 0 Å². The minimum absolute atomic E-state index is 0.0114. The van der Waals surface area contributed by atoms with E-state index in [0.717, 1.165) is 0 Å². The Morgan fingerprint density at radius 2 is 1.92 bits per heavy atom. The van der Waals surface area contributed by atoms with Crippen LogP contribution in [0.25, 0.3) is 5.65 Å². The zero-order chi connectivity index (χ0) is 19.2. The maximum absolute atomic E-state index is 13.5. The Balaban J connectivity index is 2.08. The van der Waals surface area contributed by atoms with Gasteiger partial charge in [-0.15, -0.1) is 0 Å². The first-order valence-corrected chi connectivity index (χ1v) is 8.93. The normalized spacial score (nSPS) is 19.2. The molecule has 0 amide bonds. The summed E-state index contributed by atoms with van der Waals surface area (Å²) in [6.07, 6.45) is -0.834. The number of carboxylic acid groups (broad SMARTS) is 1. The van der Waals surface area contributed by atoms with Crippen molar-refractivity contribution in [2.75, 3.05) is 0 Å². The van der Waals surface area contributed by atoms with Crippen molar-refractivity contribution < 1.29 is 23.8 Å². The fourth-order valence-electron chi connectivity index (χ4n) is 3.84. The van der Waals surface area contributed by atoms with E-state index in [1.54, 1.807) is 11.3 Å². The first kappa shape index (κ1) is 18.8. The molecule has 0 aromatic carbocycles. The standard InChI is InChI=1S/C19H24F2N2O3/c1-10(2)15-16(17(24)12-4-6-19(20,21)7-5-12)23-11(3)8-13(18(25)26)9-14(23)22-15/h8-10,12,17,24H,4-7H2,1-3H3,(H,25,26). The maximum atomic E-state index is 13.5. The Kier molecular flexibility index (Phi) is 4.77. The smallest absolute Gasteiger partial charge is 0.335 e. The zero-order valence-corrected chi connectivity index (χ0v) is 15.2. The van der Waals surface area contributed by atoms with Gasteiger partial charge in [0.1, 0.15) is 5.65 Å². The summed E-state index contributed by atoms with van der Waals surface area (Å²) in [4.78, 5) is 15.9. The third kappa shape index (κ3) is 3.32. The number of fused-ring (bicyclic) bond motifs is 1. The van der Waals surface area contributed by atoms with Crippen molar-refractivity contribution >= 4 is 11.6 Å². The molecule has 1 aliphatic rings. The molecule has 0 bridgehead atoms. The van der Waals surface area contributed by atoms with Crippen molar-refractivity contribution in [1.29, 1.82) is 0 Å². The molecule has 1 saturated carbocycles. The highest BCUT2D eigenvalue weighted by Gasteiger charge is 2.39. The molecule has 2 heterocycles. The van der Waals surface area contributed by atoms with Crippen LogP contribution in [-0.4, -0.2) is 31.5 Å². The van der Waals surface area contributed by atoms with E-state index in [2.05, 4.69) is 4.98 Å². The summed E-state index contributed by atoms with van der Waals surface area (Å²) in [5.74, 6) is -3.94. The Morgan fingerprint density at radius 3 is 2.46 bits per heavy atom. The van der Waals surface area contributed by atoms with Gasteiger partial charge in [0.15, 0.2) is 0 Å². The molecule has 7 heteroatoms. The highest BCUT2D eigenvalue weighted by molar-refractivity contribution is 5.89. The monoisotopic (exact) mass is 366 g/mol. The number of aromatic carboxylic acids is 1. The summed E-state index contributed by atoms with van der Waals surface area (Å²) in [7, 11) is 0. The molecule has 5 nitrogen and oxygen atoms in total. The van der Waals surface area contributed by atoms with E-state index in [-0.39, 0.29) is 43.1 Å². The van der Waals surface area contributed by atoms with Crippen LogP contribution in [0, 0.1) is 12.8 Å². The second-order valence-electron chi connectivity index (χ2n) is 7.56. The number of hydrogen-bond acceptors (Lipinski definition) is 3. The van der Waals surface area contributed by atoms with Crippen LogP contribution in [-0.2, 0) is 0 Å². The Bertz CT molecular complexity index is 835. The van der Waals surface area contributed by atoms with Gasteiger partial charge in [-0.1, -0.05) is 13.8 Å². The lowest BCUT2D eigenvalue weighted by Gasteiger charge is -2.31. The molecule has 3 rings (SSSR count). The molecule has 142 valence electrons. The highest BCUT2D eigenvalue weighted by Crippen LogP contribution is 2.43. The number of carbonyl (C=O) groups is 1. The van der Waals surface area contributed by atoms with E-state index in [1.807, 2.05) is 13.8 Å². The van der Waals surface area contributed by atoms with E-state index in [1.165, 1.54) is 12.1 Å². The number of rotatable bonds is 4. The van der Waals surface area contributed by atoms with Crippen molar-refractivity contribution in [3.05, 3.63) is 34.8 Å². The average molecular weight is 366 g/mol. The van der Waals surface area contributed by atoms with Crippen molar-refractivity contribution in [3.8, 4) is 0 Å². The van der Waals surface area contributed by atoms with Gasteiger partial charge in [0.2, 0.25) is 5.92 Å². The topological polar surface area (TPSA) is 74.8 Å². The lowest BCUT2D eigenvalue weighted by molar-refractivity contribution is -0.0634. The number of aryl methyl sites for hydroxylation is 1. The number of nitrogens with zero attached hydrogens (tertiary/aromatic N) is 2. The van der Waals surface area contributed by atoms with Gasteiger partial charge in [0.25, 0.3) is 0 Å². The van der Waals surface area contributed by atoms with E-state index in [9.17, 15) is 23.8 Å². The first-order chi connectivity index (χ1) is 12.1. The lowest BCUT2D eigenvalue weighted by atomic mass is 9.81. The molecule has 1 fully saturated rings. The minimum Gasteiger partial charge on any atom is -0.478 e. The third-order valence-electron chi connectivity index (χ3n) is 5.25. The average Bonchev–Trinajstić information content (AvgIpc) is 2.94. The molecule has 2 N–H and O–H groups in total. The van der Waals surface area contributed by atoms with Crippen LogP contribution in [0.1, 0.15) is 79.0 Å². The molecule has 0 aliphatic heterocycles. The first-order valence-electron chi connectivity index (χ1n) is 8.93. The summed E-state index contributed by atoms with van der Waals surface area (Å²) in [5, 5.41) is 20.3. The number of imidazole rings is 1. The number of aromatic nitrogens is 2. The molecular formula is C19H24F2N2O3. The molecule has 0 saturated heterocycles. The molecule has 1 aliphatic carbocycles. The molecule has 0 spiro atoms. The van der Waals surface area contributed by atoms with E-state index in [4.69, 9.17) is 0 Å². The predicted octanol–water partition coefficient (Wildman–Crippen LogP) is 4.32. The van der Waals surface area contributed by atoms with Crippen LogP contribution >= 0.6 is 0 Å². The highest BCUT2D eigenvalue weighted by atomic mass is 19.3. The number of alkyl halides is 2. The van der Waals surface area contributed by atoms with Gasteiger partial charge in [-0.25, -0.2) is 18.6 Å². The molecule has 2 aromatic heterocycles. The van der Waals surface area contributed by atoms with Gasteiger partial charge in [-0.05, 0) is 43.7 Å². The zero-order valence-electron chi connectivity index (χ0n) is 15.2. The van der Waals surface area contributed by atoms with Gasteiger partial charge >= 0.3 is 5.97 Å². The second kappa shape index (κ2) is 6.61. The molecule has 26 heavy (non-hydrogen) atoms. The van der Waals surface area contributed by atoms with Crippen LogP contribution in [0.5, 0.6) is 0 Å². The van der Waals surface area contributed by atoms with Crippen LogP contribution in [0.4, 0.5) is 8.78 Å². The number of aliphatic hydroxyl groups is 1. The Labute approximate surface area is 150 Å². The van der Waals surface area contributed by atoms with Gasteiger partial charge in [-0.2, -0.15) is 0 Å². The quantitative estimate of drug-likeness (QED) is 0.845. The van der Waals surface area contributed by atoms with Gasteiger partial charge in [0, 0.05) is 18.5 Å². The van der Waals surface area contributed by atoms with Gasteiger partial charge in [-0.3, -0.25) is 4.40 Å². The van der Waals surface area contributed by atoms with Crippen molar-refractivity contribution in [2.24, 2.45) is 5.92 Å². The van der Waals surface area contributed by atoms with Gasteiger partial charge in [0.05, 0.1) is 23.1 Å². The molecule has 2 aromatic rings.